The Hall–Kier alpha value is -4.57. The average molecular weight is 529 g/mol. The molecule has 3 aromatic rings. The molecule has 0 bridgehead atoms. The first kappa shape index (κ1) is 29.0. The Morgan fingerprint density at radius 2 is 1.64 bits per heavy atom. The lowest BCUT2D eigenvalue weighted by atomic mass is 9.98. The number of hydrogen-bond acceptors (Lipinski definition) is 6. The van der Waals surface area contributed by atoms with E-state index in [1.54, 1.807) is 50.4 Å². The highest BCUT2D eigenvalue weighted by Crippen LogP contribution is 2.24. The maximum absolute atomic E-state index is 13.1. The first-order valence-electron chi connectivity index (χ1n) is 12.8. The van der Waals surface area contributed by atoms with E-state index in [-0.39, 0.29) is 25.2 Å². The molecule has 0 fully saturated rings. The molecular formula is C32H32O7. The van der Waals surface area contributed by atoms with Gasteiger partial charge in [-0.25, -0.2) is 4.79 Å². The van der Waals surface area contributed by atoms with E-state index in [0.29, 0.717) is 34.6 Å². The van der Waals surface area contributed by atoms with Crippen molar-refractivity contribution in [3.8, 4) is 23.3 Å². The van der Waals surface area contributed by atoms with Gasteiger partial charge in [0.05, 0.1) is 25.9 Å². The maximum atomic E-state index is 13.1. The van der Waals surface area contributed by atoms with Crippen molar-refractivity contribution in [2.75, 3.05) is 20.3 Å². The van der Waals surface area contributed by atoms with Crippen molar-refractivity contribution in [3.05, 3.63) is 94.5 Å². The molecule has 0 saturated heterocycles. The minimum Gasteiger partial charge on any atom is -0.497 e. The molecule has 0 atom stereocenters. The van der Waals surface area contributed by atoms with Crippen LogP contribution in [-0.4, -0.2) is 43.2 Å². The molecule has 202 valence electrons. The summed E-state index contributed by atoms with van der Waals surface area (Å²) in [4.78, 5) is 36.4. The van der Waals surface area contributed by atoms with Crippen molar-refractivity contribution in [2.24, 2.45) is 0 Å². The van der Waals surface area contributed by atoms with Crippen LogP contribution in [0.5, 0.6) is 11.5 Å². The van der Waals surface area contributed by atoms with Crippen LogP contribution >= 0.6 is 0 Å². The third kappa shape index (κ3) is 9.04. The van der Waals surface area contributed by atoms with E-state index in [9.17, 15) is 19.5 Å². The highest BCUT2D eigenvalue weighted by atomic mass is 16.5. The van der Waals surface area contributed by atoms with E-state index in [2.05, 4.69) is 11.8 Å². The maximum Gasteiger partial charge on any atom is 0.338 e. The zero-order valence-electron chi connectivity index (χ0n) is 22.2. The lowest BCUT2D eigenvalue weighted by molar-refractivity contribution is -0.136. The third-order valence-electron chi connectivity index (χ3n) is 5.84. The van der Waals surface area contributed by atoms with Crippen LogP contribution in [0, 0.1) is 11.8 Å². The number of aliphatic carboxylic acids is 1. The Morgan fingerprint density at radius 1 is 0.897 bits per heavy atom. The van der Waals surface area contributed by atoms with E-state index in [1.807, 2.05) is 24.3 Å². The van der Waals surface area contributed by atoms with Crippen molar-refractivity contribution in [2.45, 2.75) is 39.0 Å². The van der Waals surface area contributed by atoms with Gasteiger partial charge in [0.15, 0.2) is 5.78 Å². The summed E-state index contributed by atoms with van der Waals surface area (Å²) in [6.07, 6.45) is 2.48. The van der Waals surface area contributed by atoms with Gasteiger partial charge < -0.3 is 19.3 Å². The van der Waals surface area contributed by atoms with Crippen LogP contribution in [0.2, 0.25) is 0 Å². The molecule has 0 aliphatic rings. The van der Waals surface area contributed by atoms with E-state index in [0.717, 1.165) is 30.6 Å². The van der Waals surface area contributed by atoms with Gasteiger partial charge in [0.1, 0.15) is 11.5 Å². The van der Waals surface area contributed by atoms with Gasteiger partial charge in [-0.05, 0) is 86.3 Å². The molecule has 7 nitrogen and oxygen atoms in total. The molecule has 3 aromatic carbocycles. The number of carbonyl (C=O) groups is 3. The molecule has 0 amide bonds. The Balaban J connectivity index is 1.61. The highest BCUT2D eigenvalue weighted by Gasteiger charge is 2.16. The predicted octanol–water partition coefficient (Wildman–Crippen LogP) is 5.72. The Labute approximate surface area is 228 Å². The van der Waals surface area contributed by atoms with Gasteiger partial charge in [-0.2, -0.15) is 0 Å². The van der Waals surface area contributed by atoms with Crippen molar-refractivity contribution < 1.29 is 33.7 Å². The fourth-order valence-corrected chi connectivity index (χ4v) is 3.80. The lowest BCUT2D eigenvalue weighted by Gasteiger charge is -2.13. The molecule has 0 aliphatic heterocycles. The van der Waals surface area contributed by atoms with Gasteiger partial charge in [-0.3, -0.25) is 9.59 Å². The number of methoxy groups -OCH3 is 1. The summed E-state index contributed by atoms with van der Waals surface area (Å²) >= 11 is 0. The van der Waals surface area contributed by atoms with Gasteiger partial charge in [0, 0.05) is 29.5 Å². The minimum absolute atomic E-state index is 0.0900. The van der Waals surface area contributed by atoms with Crippen molar-refractivity contribution in [3.63, 3.8) is 0 Å². The molecular weight excluding hydrogens is 496 g/mol. The lowest BCUT2D eigenvalue weighted by Crippen LogP contribution is -2.09. The number of carboxylic acids is 1. The van der Waals surface area contributed by atoms with Crippen LogP contribution in [0.1, 0.15) is 70.0 Å². The number of hydrogen-bond donors (Lipinski definition) is 1. The monoisotopic (exact) mass is 528 g/mol. The molecule has 39 heavy (non-hydrogen) atoms. The molecule has 0 saturated carbocycles. The van der Waals surface area contributed by atoms with Gasteiger partial charge in [-0.15, -0.1) is 0 Å². The Kier molecular flexibility index (Phi) is 11.1. The zero-order chi connectivity index (χ0) is 28.0. The fraction of sp³-hybridized carbons (Fsp3) is 0.281. The molecule has 0 unspecified atom stereocenters. The highest BCUT2D eigenvalue weighted by molar-refractivity contribution is 6.10. The predicted molar refractivity (Wildman–Crippen MR) is 147 cm³/mol. The number of ether oxygens (including phenoxy) is 3. The number of esters is 1. The first-order chi connectivity index (χ1) is 18.9. The third-order valence-corrected chi connectivity index (χ3v) is 5.84. The number of carbonyl (C=O) groups excluding carboxylic acids is 2. The van der Waals surface area contributed by atoms with Crippen LogP contribution in [0.15, 0.2) is 66.7 Å². The number of aryl methyl sites for hydroxylation is 1. The second kappa shape index (κ2) is 15.0. The minimum atomic E-state index is -0.935. The average Bonchev–Trinajstić information content (AvgIpc) is 2.96. The van der Waals surface area contributed by atoms with Crippen LogP contribution in [0.25, 0.3) is 0 Å². The van der Waals surface area contributed by atoms with Crippen molar-refractivity contribution >= 4 is 17.7 Å². The summed E-state index contributed by atoms with van der Waals surface area (Å²) in [5.41, 5.74) is 2.59. The van der Waals surface area contributed by atoms with Crippen molar-refractivity contribution in [1.82, 2.24) is 0 Å². The molecule has 0 aromatic heterocycles. The van der Waals surface area contributed by atoms with Gasteiger partial charge in [-0.1, -0.05) is 24.0 Å². The molecule has 7 heteroatoms. The summed E-state index contributed by atoms with van der Waals surface area (Å²) in [5.74, 6) is 5.92. The van der Waals surface area contributed by atoms with Crippen LogP contribution < -0.4 is 9.47 Å². The summed E-state index contributed by atoms with van der Waals surface area (Å²) in [6, 6.07) is 18.9. The number of rotatable bonds is 13. The zero-order valence-corrected chi connectivity index (χ0v) is 22.2. The Morgan fingerprint density at radius 3 is 2.36 bits per heavy atom. The van der Waals surface area contributed by atoms with Crippen LogP contribution in [0.4, 0.5) is 0 Å². The quantitative estimate of drug-likeness (QED) is 0.131. The molecule has 0 radical (unpaired) electrons. The molecule has 0 spiro atoms. The van der Waals surface area contributed by atoms with Gasteiger partial charge >= 0.3 is 11.9 Å². The van der Waals surface area contributed by atoms with E-state index < -0.39 is 11.9 Å². The molecule has 3 rings (SSSR count). The summed E-state index contributed by atoms with van der Waals surface area (Å²) in [7, 11) is 1.63. The number of ketones is 1. The smallest absolute Gasteiger partial charge is 0.338 e. The van der Waals surface area contributed by atoms with E-state index in [4.69, 9.17) is 14.2 Å². The largest absolute Gasteiger partial charge is 0.497 e. The van der Waals surface area contributed by atoms with Crippen LogP contribution in [-0.2, 0) is 16.0 Å². The summed E-state index contributed by atoms with van der Waals surface area (Å²) in [6.45, 7) is 2.40. The topological polar surface area (TPSA) is 99.1 Å². The van der Waals surface area contributed by atoms with E-state index >= 15 is 0 Å². The normalized spacial score (nSPS) is 10.2. The summed E-state index contributed by atoms with van der Waals surface area (Å²) < 4.78 is 16.1. The standard InChI is InChI=1S/C32H32O7/c1-3-38-32(36)27-11-8-10-25(22-27)31(35)26-14-18-29(24(21-26)15-19-30(33)34)39-20-7-5-4-6-9-23-12-16-28(37-2)17-13-23/h8,10-14,16-18,21-22H,3-5,7,15,19-20H2,1-2H3,(H,33,34). The molecule has 0 aliphatic carbocycles. The first-order valence-corrected chi connectivity index (χ1v) is 12.8. The van der Waals surface area contributed by atoms with Crippen LogP contribution in [0.3, 0.4) is 0 Å². The number of carboxylic acid groups (broad SMARTS) is 1. The Bertz CT molecular complexity index is 1350. The number of unbranched alkanes of at least 4 members (excludes halogenated alkanes) is 2. The number of benzene rings is 3. The molecule has 0 heterocycles. The fourth-order valence-electron chi connectivity index (χ4n) is 3.80. The van der Waals surface area contributed by atoms with Crippen molar-refractivity contribution in [1.29, 1.82) is 0 Å². The van der Waals surface area contributed by atoms with E-state index in [1.165, 1.54) is 6.07 Å². The second-order valence-electron chi connectivity index (χ2n) is 8.68. The SMILES string of the molecule is CCOC(=O)c1cccc(C(=O)c2ccc(OCCCCC#Cc3ccc(OC)cc3)c(CCC(=O)O)c2)c1. The van der Waals surface area contributed by atoms with Gasteiger partial charge in [0.2, 0.25) is 0 Å². The molecule has 1 N–H and O–H groups in total. The summed E-state index contributed by atoms with van der Waals surface area (Å²) in [5, 5.41) is 9.18. The second-order valence-corrected chi connectivity index (χ2v) is 8.68. The van der Waals surface area contributed by atoms with Gasteiger partial charge in [0.25, 0.3) is 0 Å².